The third-order valence-electron chi connectivity index (χ3n) is 4.31. The number of ether oxygens (including phenoxy) is 2. The van der Waals surface area contributed by atoms with Gasteiger partial charge in [0.2, 0.25) is 0 Å². The van der Waals surface area contributed by atoms with E-state index in [2.05, 4.69) is 44.3 Å². The van der Waals surface area contributed by atoms with Gasteiger partial charge in [-0.05, 0) is 45.6 Å². The second kappa shape index (κ2) is 6.59. The highest BCUT2D eigenvalue weighted by atomic mass is 16.5. The summed E-state index contributed by atoms with van der Waals surface area (Å²) in [5.41, 5.74) is 1.04. The lowest BCUT2D eigenvalue weighted by molar-refractivity contribution is -0.00549. The van der Waals surface area contributed by atoms with E-state index in [1.807, 2.05) is 6.07 Å². The van der Waals surface area contributed by atoms with Gasteiger partial charge in [0, 0.05) is 25.3 Å². The first-order valence-corrected chi connectivity index (χ1v) is 7.52. The molecule has 0 amide bonds. The van der Waals surface area contributed by atoms with E-state index in [9.17, 15) is 0 Å². The lowest BCUT2D eigenvalue weighted by Gasteiger charge is -2.31. The number of hydrogen-bond donors (Lipinski definition) is 1. The topological polar surface area (TPSA) is 30.5 Å². The van der Waals surface area contributed by atoms with E-state index in [0.29, 0.717) is 0 Å². The van der Waals surface area contributed by atoms with E-state index in [0.717, 1.165) is 24.8 Å². The molecule has 1 aromatic rings. The number of nitrogens with one attached hydrogen (secondary N) is 1. The number of benzene rings is 1. The second-order valence-electron chi connectivity index (χ2n) is 6.27. The minimum atomic E-state index is -0.177. The van der Waals surface area contributed by atoms with Crippen LogP contribution in [0.15, 0.2) is 24.3 Å². The average molecular weight is 277 g/mol. The van der Waals surface area contributed by atoms with Gasteiger partial charge in [0.05, 0.1) is 12.2 Å². The average Bonchev–Trinajstić information content (AvgIpc) is 3.27. The van der Waals surface area contributed by atoms with Gasteiger partial charge >= 0.3 is 0 Å². The molecule has 1 aliphatic carbocycles. The van der Waals surface area contributed by atoms with Gasteiger partial charge in [-0.3, -0.25) is 0 Å². The van der Waals surface area contributed by atoms with E-state index >= 15 is 0 Å². The van der Waals surface area contributed by atoms with Gasteiger partial charge in [-0.2, -0.15) is 0 Å². The molecule has 1 fully saturated rings. The summed E-state index contributed by atoms with van der Waals surface area (Å²) in [5.74, 6) is 1.79. The summed E-state index contributed by atoms with van der Waals surface area (Å²) in [6.45, 7) is 8.00. The molecule has 1 N–H and O–H groups in total. The van der Waals surface area contributed by atoms with Gasteiger partial charge < -0.3 is 14.8 Å². The lowest BCUT2D eigenvalue weighted by Crippen LogP contribution is -2.45. The Labute approximate surface area is 122 Å². The van der Waals surface area contributed by atoms with Crippen LogP contribution in [0.25, 0.3) is 0 Å². The maximum absolute atomic E-state index is 5.93. The second-order valence-corrected chi connectivity index (χ2v) is 6.27. The Kier molecular flexibility index (Phi) is 5.06. The first-order chi connectivity index (χ1) is 9.53. The molecule has 112 valence electrons. The van der Waals surface area contributed by atoms with Crippen LogP contribution in [0.2, 0.25) is 0 Å². The van der Waals surface area contributed by atoms with E-state index in [1.54, 1.807) is 7.11 Å². The molecule has 3 nitrogen and oxygen atoms in total. The molecule has 2 rings (SSSR count). The van der Waals surface area contributed by atoms with Crippen molar-refractivity contribution in [2.45, 2.75) is 51.8 Å². The van der Waals surface area contributed by atoms with Gasteiger partial charge in [-0.25, -0.2) is 0 Å². The van der Waals surface area contributed by atoms with Crippen LogP contribution in [0.4, 0.5) is 0 Å². The number of methoxy groups -OCH3 is 1. The maximum Gasteiger partial charge on any atom is 0.123 e. The fraction of sp³-hybridized carbons (Fsp3) is 0.647. The number of rotatable bonds is 8. The van der Waals surface area contributed by atoms with E-state index < -0.39 is 0 Å². The van der Waals surface area contributed by atoms with E-state index in [-0.39, 0.29) is 11.6 Å². The van der Waals surface area contributed by atoms with Gasteiger partial charge in [0.1, 0.15) is 5.75 Å². The van der Waals surface area contributed by atoms with Gasteiger partial charge in [0.25, 0.3) is 0 Å². The standard InChI is InChI=1S/C17H27NO2/c1-13(17(2,3)19-4)18-11-15-7-5-6-8-16(15)20-12-14-9-10-14/h5-8,13-14,18H,9-12H2,1-4H3. The molecular formula is C17H27NO2. The summed E-state index contributed by atoms with van der Waals surface area (Å²) in [4.78, 5) is 0. The maximum atomic E-state index is 5.93. The molecule has 0 saturated heterocycles. The van der Waals surface area contributed by atoms with Crippen molar-refractivity contribution in [1.29, 1.82) is 0 Å². The van der Waals surface area contributed by atoms with Crippen molar-refractivity contribution in [1.82, 2.24) is 5.32 Å². The third-order valence-corrected chi connectivity index (χ3v) is 4.31. The van der Waals surface area contributed by atoms with Crippen LogP contribution in [-0.4, -0.2) is 25.4 Å². The molecule has 20 heavy (non-hydrogen) atoms. The van der Waals surface area contributed by atoms with E-state index in [1.165, 1.54) is 18.4 Å². The smallest absolute Gasteiger partial charge is 0.123 e. The van der Waals surface area contributed by atoms with Crippen LogP contribution < -0.4 is 10.1 Å². The SMILES string of the molecule is COC(C)(C)C(C)NCc1ccccc1OCC1CC1. The Morgan fingerprint density at radius 3 is 2.65 bits per heavy atom. The zero-order valence-electron chi connectivity index (χ0n) is 13.1. The predicted molar refractivity (Wildman–Crippen MR) is 82.1 cm³/mol. The van der Waals surface area contributed by atoms with Crippen LogP contribution in [0.1, 0.15) is 39.2 Å². The number of hydrogen-bond acceptors (Lipinski definition) is 3. The molecule has 1 aromatic carbocycles. The molecule has 1 saturated carbocycles. The van der Waals surface area contributed by atoms with Gasteiger partial charge in [-0.1, -0.05) is 18.2 Å². The summed E-state index contributed by atoms with van der Waals surface area (Å²) < 4.78 is 11.4. The molecule has 1 atom stereocenters. The Morgan fingerprint density at radius 1 is 1.30 bits per heavy atom. The molecule has 0 heterocycles. The number of para-hydroxylation sites is 1. The lowest BCUT2D eigenvalue weighted by atomic mass is 10.00. The monoisotopic (exact) mass is 277 g/mol. The summed E-state index contributed by atoms with van der Waals surface area (Å²) >= 11 is 0. The Hall–Kier alpha value is -1.06. The van der Waals surface area contributed by atoms with E-state index in [4.69, 9.17) is 9.47 Å². The quantitative estimate of drug-likeness (QED) is 0.790. The van der Waals surface area contributed by atoms with Crippen LogP contribution in [0.3, 0.4) is 0 Å². The van der Waals surface area contributed by atoms with Crippen molar-refractivity contribution in [2.24, 2.45) is 5.92 Å². The fourth-order valence-electron chi connectivity index (χ4n) is 1.97. The molecule has 1 unspecified atom stereocenters. The molecule has 0 spiro atoms. The van der Waals surface area contributed by atoms with Crippen molar-refractivity contribution >= 4 is 0 Å². The minimum absolute atomic E-state index is 0.177. The third kappa shape index (κ3) is 4.22. The van der Waals surface area contributed by atoms with Crippen molar-refractivity contribution in [3.63, 3.8) is 0 Å². The Balaban J connectivity index is 1.91. The van der Waals surface area contributed by atoms with Crippen LogP contribution >= 0.6 is 0 Å². The van der Waals surface area contributed by atoms with Crippen LogP contribution in [0.5, 0.6) is 5.75 Å². The minimum Gasteiger partial charge on any atom is -0.493 e. The van der Waals surface area contributed by atoms with Crippen molar-refractivity contribution in [3.8, 4) is 5.75 Å². The summed E-state index contributed by atoms with van der Waals surface area (Å²) in [6.07, 6.45) is 2.64. The zero-order valence-corrected chi connectivity index (χ0v) is 13.1. The molecule has 3 heteroatoms. The normalized spacial score (nSPS) is 17.0. The molecule has 1 aliphatic rings. The van der Waals surface area contributed by atoms with Crippen molar-refractivity contribution in [3.05, 3.63) is 29.8 Å². The molecule has 0 bridgehead atoms. The Bertz CT molecular complexity index is 427. The summed E-state index contributed by atoms with van der Waals surface area (Å²) in [5, 5.41) is 3.53. The molecule has 0 radical (unpaired) electrons. The summed E-state index contributed by atoms with van der Waals surface area (Å²) in [7, 11) is 1.75. The molecule has 0 aliphatic heterocycles. The van der Waals surface area contributed by atoms with Crippen LogP contribution in [0, 0.1) is 5.92 Å². The first-order valence-electron chi connectivity index (χ1n) is 7.52. The van der Waals surface area contributed by atoms with Gasteiger partial charge in [-0.15, -0.1) is 0 Å². The highest BCUT2D eigenvalue weighted by Crippen LogP contribution is 2.30. The summed E-state index contributed by atoms with van der Waals surface area (Å²) in [6, 6.07) is 8.55. The first kappa shape index (κ1) is 15.3. The predicted octanol–water partition coefficient (Wildman–Crippen LogP) is 3.38. The Morgan fingerprint density at radius 2 is 2.00 bits per heavy atom. The largest absolute Gasteiger partial charge is 0.493 e. The fourth-order valence-corrected chi connectivity index (χ4v) is 1.97. The van der Waals surface area contributed by atoms with Crippen molar-refractivity contribution in [2.75, 3.05) is 13.7 Å². The molecule has 0 aromatic heterocycles. The highest BCUT2D eigenvalue weighted by molar-refractivity contribution is 5.33. The zero-order chi connectivity index (χ0) is 14.6. The van der Waals surface area contributed by atoms with Gasteiger partial charge in [0.15, 0.2) is 0 Å². The van der Waals surface area contributed by atoms with Crippen LogP contribution in [-0.2, 0) is 11.3 Å². The highest BCUT2D eigenvalue weighted by Gasteiger charge is 2.25. The molecular weight excluding hydrogens is 250 g/mol. The van der Waals surface area contributed by atoms with Crippen molar-refractivity contribution < 1.29 is 9.47 Å².